The first-order valence-electron chi connectivity index (χ1n) is 11.9. The van der Waals surface area contributed by atoms with Crippen LogP contribution in [0.15, 0.2) is 117 Å². The first-order chi connectivity index (χ1) is 18.5. The lowest BCUT2D eigenvalue weighted by Crippen LogP contribution is -2.32. The number of hydrogen-bond acceptors (Lipinski definition) is 4. The predicted octanol–water partition coefficient (Wildman–Crippen LogP) is 6.80. The number of rotatable bonds is 10. The lowest BCUT2D eigenvalue weighted by atomic mass is 10.0. The Kier molecular flexibility index (Phi) is 9.84. The fourth-order valence-electron chi connectivity index (χ4n) is 3.73. The molecule has 4 aromatic carbocycles. The molecule has 0 aliphatic carbocycles. The molecule has 38 heavy (non-hydrogen) atoms. The van der Waals surface area contributed by atoms with Gasteiger partial charge in [0.05, 0.1) is 23.1 Å². The summed E-state index contributed by atoms with van der Waals surface area (Å²) in [5.41, 5.74) is 5.63. The first kappa shape index (κ1) is 27.3. The number of benzene rings is 4. The van der Waals surface area contributed by atoms with E-state index < -0.39 is 6.04 Å². The number of carbonyl (C=O) groups excluding carboxylic acids is 2. The van der Waals surface area contributed by atoms with Crippen molar-refractivity contribution in [2.45, 2.75) is 19.1 Å². The molecule has 0 aliphatic heterocycles. The van der Waals surface area contributed by atoms with Crippen LogP contribution in [0.5, 0.6) is 5.75 Å². The lowest BCUT2D eigenvalue weighted by molar-refractivity contribution is -0.121. The van der Waals surface area contributed by atoms with Crippen molar-refractivity contribution in [2.75, 3.05) is 0 Å². The van der Waals surface area contributed by atoms with Crippen LogP contribution < -0.4 is 15.5 Å². The molecule has 2 N–H and O–H groups in total. The van der Waals surface area contributed by atoms with Gasteiger partial charge in [-0.05, 0) is 51.3 Å². The Morgan fingerprint density at radius 1 is 0.868 bits per heavy atom. The zero-order valence-corrected chi connectivity index (χ0v) is 23.5. The summed E-state index contributed by atoms with van der Waals surface area (Å²) in [7, 11) is 0. The molecule has 2 amide bonds. The zero-order chi connectivity index (χ0) is 26.7. The number of carbonyl (C=O) groups is 2. The summed E-state index contributed by atoms with van der Waals surface area (Å²) in [6.07, 6.45) is 1.55. The van der Waals surface area contributed by atoms with Gasteiger partial charge in [-0.1, -0.05) is 94.8 Å². The molecule has 6 nitrogen and oxygen atoms in total. The van der Waals surface area contributed by atoms with Crippen molar-refractivity contribution in [2.24, 2.45) is 5.10 Å². The monoisotopic (exact) mass is 633 g/mol. The minimum absolute atomic E-state index is 0.0134. The maximum absolute atomic E-state index is 12.8. The highest BCUT2D eigenvalue weighted by Crippen LogP contribution is 2.32. The Labute approximate surface area is 238 Å². The highest BCUT2D eigenvalue weighted by molar-refractivity contribution is 9.11. The minimum Gasteiger partial charge on any atom is -0.487 e. The first-order valence-corrected chi connectivity index (χ1v) is 13.5. The fraction of sp³-hybridized carbons (Fsp3) is 0.100. The van der Waals surface area contributed by atoms with Crippen molar-refractivity contribution in [1.82, 2.24) is 10.7 Å². The van der Waals surface area contributed by atoms with E-state index in [2.05, 4.69) is 47.7 Å². The average molecular weight is 635 g/mol. The molecule has 4 aromatic rings. The average Bonchev–Trinajstić information content (AvgIpc) is 2.93. The fourth-order valence-corrected chi connectivity index (χ4v) is 5.10. The highest BCUT2D eigenvalue weighted by atomic mass is 79.9. The molecule has 4 rings (SSSR count). The Bertz CT molecular complexity index is 1400. The van der Waals surface area contributed by atoms with Crippen molar-refractivity contribution >= 4 is 49.9 Å². The molecule has 0 heterocycles. The topological polar surface area (TPSA) is 79.8 Å². The molecule has 0 radical (unpaired) electrons. The summed E-state index contributed by atoms with van der Waals surface area (Å²) in [5, 5.41) is 7.13. The summed E-state index contributed by atoms with van der Waals surface area (Å²) in [6, 6.07) is 31.3. The summed E-state index contributed by atoms with van der Waals surface area (Å²) in [5.74, 6) is 0.00608. The third-order valence-corrected chi connectivity index (χ3v) is 6.64. The maximum atomic E-state index is 12.8. The van der Waals surface area contributed by atoms with E-state index in [4.69, 9.17) is 4.74 Å². The molecule has 1 atom stereocenters. The van der Waals surface area contributed by atoms with Gasteiger partial charge in [-0.15, -0.1) is 0 Å². The van der Waals surface area contributed by atoms with Gasteiger partial charge in [0.25, 0.3) is 5.91 Å². The van der Waals surface area contributed by atoms with Gasteiger partial charge in [-0.25, -0.2) is 5.43 Å². The summed E-state index contributed by atoms with van der Waals surface area (Å²) in [6.45, 7) is 0.383. The van der Waals surface area contributed by atoms with Crippen molar-refractivity contribution < 1.29 is 14.3 Å². The maximum Gasteiger partial charge on any atom is 0.251 e. The van der Waals surface area contributed by atoms with Gasteiger partial charge in [0.2, 0.25) is 5.91 Å². The van der Waals surface area contributed by atoms with E-state index in [1.807, 2.05) is 78.9 Å². The van der Waals surface area contributed by atoms with Crippen LogP contribution >= 0.6 is 31.9 Å². The smallest absolute Gasteiger partial charge is 0.251 e. The van der Waals surface area contributed by atoms with Crippen LogP contribution in [0.25, 0.3) is 0 Å². The molecular formula is C30H25Br2N3O3. The molecule has 0 saturated carbocycles. The van der Waals surface area contributed by atoms with Gasteiger partial charge in [0, 0.05) is 15.6 Å². The molecule has 0 aliphatic rings. The van der Waals surface area contributed by atoms with E-state index in [1.54, 1.807) is 24.3 Å². The van der Waals surface area contributed by atoms with Crippen LogP contribution in [0, 0.1) is 0 Å². The molecule has 0 bridgehead atoms. The Morgan fingerprint density at radius 2 is 1.50 bits per heavy atom. The Hall–Kier alpha value is -3.75. The van der Waals surface area contributed by atoms with Crippen LogP contribution in [0.4, 0.5) is 0 Å². The van der Waals surface area contributed by atoms with Gasteiger partial charge in [-0.3, -0.25) is 9.59 Å². The van der Waals surface area contributed by atoms with Gasteiger partial charge >= 0.3 is 0 Å². The van der Waals surface area contributed by atoms with Crippen LogP contribution in [-0.2, 0) is 11.4 Å². The normalized spacial score (nSPS) is 11.6. The number of amides is 2. The van der Waals surface area contributed by atoms with Crippen LogP contribution in [0.3, 0.4) is 0 Å². The van der Waals surface area contributed by atoms with Crippen LogP contribution in [-0.4, -0.2) is 18.0 Å². The third kappa shape index (κ3) is 7.87. The number of hydrazone groups is 1. The van der Waals surface area contributed by atoms with Gasteiger partial charge in [0.1, 0.15) is 12.4 Å². The van der Waals surface area contributed by atoms with Crippen LogP contribution in [0.2, 0.25) is 0 Å². The second-order valence-electron chi connectivity index (χ2n) is 8.38. The van der Waals surface area contributed by atoms with E-state index in [1.165, 1.54) is 6.21 Å². The third-order valence-electron chi connectivity index (χ3n) is 5.59. The predicted molar refractivity (Wildman–Crippen MR) is 156 cm³/mol. The Balaban J connectivity index is 1.44. The number of hydrogen-bond donors (Lipinski definition) is 2. The molecule has 0 spiro atoms. The van der Waals surface area contributed by atoms with Crippen molar-refractivity contribution in [3.05, 3.63) is 134 Å². The molecule has 0 unspecified atom stereocenters. The second kappa shape index (κ2) is 13.7. The van der Waals surface area contributed by atoms with Crippen molar-refractivity contribution in [3.8, 4) is 5.75 Å². The minimum atomic E-state index is -0.524. The molecule has 8 heteroatoms. The van der Waals surface area contributed by atoms with Crippen LogP contribution in [0.1, 0.15) is 39.5 Å². The highest BCUT2D eigenvalue weighted by Gasteiger charge is 2.19. The molecule has 192 valence electrons. The summed E-state index contributed by atoms with van der Waals surface area (Å²) < 4.78 is 7.64. The summed E-state index contributed by atoms with van der Waals surface area (Å²) >= 11 is 7.04. The van der Waals surface area contributed by atoms with Gasteiger partial charge < -0.3 is 10.1 Å². The number of halogens is 2. The van der Waals surface area contributed by atoms with E-state index in [-0.39, 0.29) is 18.2 Å². The molecule has 0 saturated heterocycles. The number of nitrogens with one attached hydrogen (secondary N) is 2. The van der Waals surface area contributed by atoms with Crippen molar-refractivity contribution in [3.63, 3.8) is 0 Å². The second-order valence-corrected chi connectivity index (χ2v) is 10.2. The molecular weight excluding hydrogens is 610 g/mol. The van der Waals surface area contributed by atoms with E-state index in [9.17, 15) is 9.59 Å². The largest absolute Gasteiger partial charge is 0.487 e. The van der Waals surface area contributed by atoms with Crippen molar-refractivity contribution in [1.29, 1.82) is 0 Å². The number of ether oxygens (including phenoxy) is 1. The molecule has 0 fully saturated rings. The molecule has 0 aromatic heterocycles. The SMILES string of the molecule is O=C(C[C@@H](NC(=O)c1ccccc1)c1ccccc1)N/N=C\c1cc(Br)cc(Br)c1OCc1ccccc1. The van der Waals surface area contributed by atoms with E-state index >= 15 is 0 Å². The lowest BCUT2D eigenvalue weighted by Gasteiger charge is -2.18. The Morgan fingerprint density at radius 3 is 2.18 bits per heavy atom. The van der Waals surface area contributed by atoms with E-state index in [0.29, 0.717) is 23.5 Å². The number of nitrogens with zero attached hydrogens (tertiary/aromatic N) is 1. The zero-order valence-electron chi connectivity index (χ0n) is 20.3. The van der Waals surface area contributed by atoms with Gasteiger partial charge in [0.15, 0.2) is 0 Å². The van der Waals surface area contributed by atoms with E-state index in [0.717, 1.165) is 20.1 Å². The summed E-state index contributed by atoms with van der Waals surface area (Å²) in [4.78, 5) is 25.6. The standard InChI is InChI=1S/C30H25Br2N3O3/c31-25-16-24(29(26(32)17-25)38-20-21-10-4-1-5-11-21)19-33-35-28(36)18-27(22-12-6-2-7-13-22)34-30(37)23-14-8-3-9-15-23/h1-17,19,27H,18,20H2,(H,34,37)(H,35,36)/b33-19-/t27-/m1/s1. The van der Waals surface area contributed by atoms with Gasteiger partial charge in [-0.2, -0.15) is 5.10 Å². The quantitative estimate of drug-likeness (QED) is 0.149.